The molecule has 32 heavy (non-hydrogen) atoms. The van der Waals surface area contributed by atoms with Crippen LogP contribution < -0.4 is 4.74 Å². The van der Waals surface area contributed by atoms with Crippen molar-refractivity contribution in [3.63, 3.8) is 0 Å². The molecule has 1 saturated heterocycles. The van der Waals surface area contributed by atoms with E-state index in [4.69, 9.17) is 0 Å². The summed E-state index contributed by atoms with van der Waals surface area (Å²) in [6, 6.07) is 8.56. The van der Waals surface area contributed by atoms with E-state index in [0.29, 0.717) is 5.92 Å². The van der Waals surface area contributed by atoms with Crippen LogP contribution in [0.3, 0.4) is 0 Å². The third-order valence-electron chi connectivity index (χ3n) is 7.91. The minimum atomic E-state index is -2.99. The molecule has 1 saturated carbocycles. The third kappa shape index (κ3) is 8.42. The molecular formula is C27H42F3OSi. The van der Waals surface area contributed by atoms with Gasteiger partial charge in [-0.3, -0.25) is 0 Å². The summed E-state index contributed by atoms with van der Waals surface area (Å²) in [5.41, 5.74) is 0.940. The van der Waals surface area contributed by atoms with Gasteiger partial charge in [-0.1, -0.05) is 102 Å². The average molecular weight is 468 g/mol. The predicted molar refractivity (Wildman–Crippen MR) is 129 cm³/mol. The topological polar surface area (TPSA) is 9.23 Å². The van der Waals surface area contributed by atoms with E-state index in [2.05, 4.69) is 11.7 Å². The number of halogens is 3. The second kappa shape index (κ2) is 13.7. The predicted octanol–water partition coefficient (Wildman–Crippen LogP) is 9.36. The van der Waals surface area contributed by atoms with E-state index in [1.165, 1.54) is 101 Å². The normalized spacial score (nSPS) is 23.0. The van der Waals surface area contributed by atoms with Crippen molar-refractivity contribution in [2.75, 3.05) is 0 Å². The zero-order valence-electron chi connectivity index (χ0n) is 19.9. The van der Waals surface area contributed by atoms with Gasteiger partial charge in [-0.25, -0.2) is 4.39 Å². The lowest BCUT2D eigenvalue weighted by molar-refractivity contribution is -0.0522. The van der Waals surface area contributed by atoms with Gasteiger partial charge in [0.05, 0.1) is 0 Å². The molecule has 1 aliphatic carbocycles. The molecule has 0 amide bonds. The quantitative estimate of drug-likeness (QED) is 0.220. The smallest absolute Gasteiger partial charge is 0.387 e. The van der Waals surface area contributed by atoms with Crippen molar-refractivity contribution in [1.82, 2.24) is 0 Å². The van der Waals surface area contributed by atoms with Gasteiger partial charge in [0.2, 0.25) is 0 Å². The number of hydrogen-bond acceptors (Lipinski definition) is 1. The van der Waals surface area contributed by atoms with Gasteiger partial charge in [-0.15, -0.1) is 0 Å². The van der Waals surface area contributed by atoms with Gasteiger partial charge in [0.15, 0.2) is 11.6 Å². The largest absolute Gasteiger partial charge is 0.432 e. The zero-order chi connectivity index (χ0) is 22.8. The van der Waals surface area contributed by atoms with Gasteiger partial charge in [-0.05, 0) is 48.3 Å². The maximum absolute atomic E-state index is 14.0. The third-order valence-corrected chi connectivity index (χ3v) is 11.0. The first-order valence-corrected chi connectivity index (χ1v) is 15.2. The molecule has 0 aromatic heterocycles. The van der Waals surface area contributed by atoms with Crippen molar-refractivity contribution >= 4 is 8.80 Å². The van der Waals surface area contributed by atoms with Crippen molar-refractivity contribution in [3.05, 3.63) is 29.6 Å². The monoisotopic (exact) mass is 467 g/mol. The molecule has 1 nitrogen and oxygen atoms in total. The van der Waals surface area contributed by atoms with Gasteiger partial charge >= 0.3 is 6.61 Å². The van der Waals surface area contributed by atoms with Crippen LogP contribution in [0.5, 0.6) is 5.75 Å². The highest BCUT2D eigenvalue weighted by Gasteiger charge is 2.25. The second-order valence-electron chi connectivity index (χ2n) is 10.2. The molecule has 2 fully saturated rings. The van der Waals surface area contributed by atoms with Crippen LogP contribution in [-0.4, -0.2) is 15.4 Å². The Bertz CT molecular complexity index is 652. The average Bonchev–Trinajstić information content (AvgIpc) is 2.79. The Kier molecular flexibility index (Phi) is 11.0. The molecule has 0 spiro atoms. The Balaban J connectivity index is 1.27. The lowest BCUT2D eigenvalue weighted by Crippen LogP contribution is -2.20. The van der Waals surface area contributed by atoms with Crippen LogP contribution in [0.4, 0.5) is 13.2 Å². The van der Waals surface area contributed by atoms with E-state index in [9.17, 15) is 13.2 Å². The molecule has 1 heterocycles. The number of benzene rings is 1. The van der Waals surface area contributed by atoms with Crippen LogP contribution >= 0.6 is 0 Å². The molecule has 0 unspecified atom stereocenters. The lowest BCUT2D eigenvalue weighted by atomic mass is 9.78. The number of ether oxygens (including phenoxy) is 1. The fourth-order valence-corrected chi connectivity index (χ4v) is 8.89. The fourth-order valence-electron chi connectivity index (χ4n) is 5.87. The summed E-state index contributed by atoms with van der Waals surface area (Å²) in [6.07, 6.45) is 18.0. The Hall–Kier alpha value is -0.973. The maximum atomic E-state index is 14.0. The van der Waals surface area contributed by atoms with Crippen LogP contribution in [0.15, 0.2) is 18.2 Å². The van der Waals surface area contributed by atoms with Gasteiger partial charge < -0.3 is 4.74 Å². The highest BCUT2D eigenvalue weighted by atomic mass is 28.3. The first kappa shape index (κ1) is 25.6. The van der Waals surface area contributed by atoms with E-state index in [-0.39, 0.29) is 14.5 Å². The summed E-state index contributed by atoms with van der Waals surface area (Å²) in [4.78, 5) is 0. The second-order valence-corrected chi connectivity index (χ2v) is 13.2. The van der Waals surface area contributed by atoms with Gasteiger partial charge in [0.25, 0.3) is 0 Å². The first-order valence-electron chi connectivity index (χ1n) is 13.1. The number of alkyl halides is 2. The van der Waals surface area contributed by atoms with E-state index in [1.807, 2.05) is 0 Å². The van der Waals surface area contributed by atoms with Crippen molar-refractivity contribution in [2.45, 2.75) is 121 Å². The first-order chi connectivity index (χ1) is 15.5. The summed E-state index contributed by atoms with van der Waals surface area (Å²) in [5, 5.41) is 0. The molecule has 0 N–H and O–H groups in total. The van der Waals surface area contributed by atoms with E-state index in [0.717, 1.165) is 30.2 Å². The molecule has 1 aromatic carbocycles. The summed E-state index contributed by atoms with van der Waals surface area (Å²) < 4.78 is 42.9. The van der Waals surface area contributed by atoms with E-state index < -0.39 is 12.4 Å². The molecule has 1 aliphatic heterocycles. The van der Waals surface area contributed by atoms with Crippen LogP contribution in [0.2, 0.25) is 18.1 Å². The van der Waals surface area contributed by atoms with E-state index in [1.54, 1.807) is 6.07 Å². The molecular weight excluding hydrogens is 425 g/mol. The Morgan fingerprint density at radius 2 is 1.53 bits per heavy atom. The Labute approximate surface area is 195 Å². The molecule has 181 valence electrons. The highest BCUT2D eigenvalue weighted by Crippen LogP contribution is 2.38. The summed E-state index contributed by atoms with van der Waals surface area (Å²) in [6.45, 7) is -0.693. The molecule has 1 radical (unpaired) electrons. The summed E-state index contributed by atoms with van der Waals surface area (Å²) in [5.74, 6) is 1.34. The molecule has 0 bridgehead atoms. The number of unbranched alkanes of at least 4 members (excludes halogenated alkanes) is 3. The standard InChI is InChI=1S/C27H42F3OSi/c1-2-3-4-7-21-9-11-22(12-10-21)8-5-6-17-32-18-15-23(16-19-32)24-13-14-26(25(28)20-24)31-27(29)30/h13-14,20-23,27H,2-12,15-19H2,1H3. The summed E-state index contributed by atoms with van der Waals surface area (Å²) >= 11 is 0. The number of hydrogen-bond donors (Lipinski definition) is 0. The van der Waals surface area contributed by atoms with Crippen LogP contribution in [0, 0.1) is 17.7 Å². The summed E-state index contributed by atoms with van der Waals surface area (Å²) in [7, 11) is -0.263. The molecule has 2 aliphatic rings. The van der Waals surface area contributed by atoms with Crippen molar-refractivity contribution < 1.29 is 17.9 Å². The minimum absolute atomic E-state index is 0.263. The van der Waals surface area contributed by atoms with Crippen LogP contribution in [0.25, 0.3) is 0 Å². The van der Waals surface area contributed by atoms with Crippen molar-refractivity contribution in [3.8, 4) is 5.75 Å². The van der Waals surface area contributed by atoms with E-state index >= 15 is 0 Å². The van der Waals surface area contributed by atoms with Gasteiger partial charge in [0.1, 0.15) is 0 Å². The van der Waals surface area contributed by atoms with Crippen LogP contribution in [0.1, 0.15) is 102 Å². The van der Waals surface area contributed by atoms with Crippen LogP contribution in [-0.2, 0) is 0 Å². The Morgan fingerprint density at radius 3 is 2.09 bits per heavy atom. The van der Waals surface area contributed by atoms with Crippen molar-refractivity contribution in [1.29, 1.82) is 0 Å². The molecule has 1 aromatic rings. The minimum Gasteiger partial charge on any atom is -0.432 e. The molecule has 3 rings (SSSR count). The molecule has 5 heteroatoms. The SMILES string of the molecule is CCCCCC1CCC(CCCC[Si]2CCC(c3ccc(OC(F)F)c(F)c3)CC2)CC1. The lowest BCUT2D eigenvalue weighted by Gasteiger charge is -2.29. The molecule has 0 atom stereocenters. The highest BCUT2D eigenvalue weighted by molar-refractivity contribution is 6.59. The Morgan fingerprint density at radius 1 is 0.906 bits per heavy atom. The van der Waals surface area contributed by atoms with Gasteiger partial charge in [-0.2, -0.15) is 8.78 Å². The fraction of sp³-hybridized carbons (Fsp3) is 0.778. The zero-order valence-corrected chi connectivity index (χ0v) is 20.9. The maximum Gasteiger partial charge on any atom is 0.387 e. The number of rotatable bonds is 12. The van der Waals surface area contributed by atoms with Crippen molar-refractivity contribution in [2.24, 2.45) is 11.8 Å². The van der Waals surface area contributed by atoms with Gasteiger partial charge in [0, 0.05) is 8.80 Å².